The lowest BCUT2D eigenvalue weighted by molar-refractivity contribution is -0.144. The van der Waals surface area contributed by atoms with E-state index in [2.05, 4.69) is 24.5 Å². The minimum atomic E-state index is -0.683. The number of ether oxygens (including phenoxy) is 3. The quantitative estimate of drug-likeness (QED) is 0.357. The first-order valence-corrected chi connectivity index (χ1v) is 16.5. The first-order chi connectivity index (χ1) is 22.0. The van der Waals surface area contributed by atoms with Crippen LogP contribution in [0.1, 0.15) is 82.9 Å². The molecule has 1 heterocycles. The van der Waals surface area contributed by atoms with Gasteiger partial charge < -0.3 is 34.9 Å². The molecular weight excluding hydrogens is 586 g/mol. The van der Waals surface area contributed by atoms with Crippen molar-refractivity contribution in [3.8, 4) is 28.4 Å². The fourth-order valence-electron chi connectivity index (χ4n) is 7.70. The molecule has 0 radical (unpaired) electrons. The number of rotatable bonds is 9. The second-order valence-electron chi connectivity index (χ2n) is 13.5. The summed E-state index contributed by atoms with van der Waals surface area (Å²) in [6.45, 7) is 6.63. The van der Waals surface area contributed by atoms with Crippen LogP contribution in [0, 0.1) is 11.8 Å². The minimum Gasteiger partial charge on any atom is -0.493 e. The van der Waals surface area contributed by atoms with Crippen LogP contribution in [0.3, 0.4) is 0 Å². The van der Waals surface area contributed by atoms with Crippen LogP contribution in [-0.2, 0) is 16.0 Å². The molecule has 2 amide bonds. The van der Waals surface area contributed by atoms with Crippen LogP contribution in [0.2, 0.25) is 0 Å². The van der Waals surface area contributed by atoms with Crippen LogP contribution in [-0.4, -0.2) is 67.9 Å². The maximum Gasteiger partial charge on any atom is 0.245 e. The summed E-state index contributed by atoms with van der Waals surface area (Å²) < 4.78 is 17.2. The van der Waals surface area contributed by atoms with Crippen LogP contribution in [0.15, 0.2) is 29.1 Å². The number of aryl methyl sites for hydroxylation is 1. The molecule has 2 fully saturated rings. The van der Waals surface area contributed by atoms with E-state index in [1.165, 1.54) is 6.92 Å². The summed E-state index contributed by atoms with van der Waals surface area (Å²) in [7, 11) is 4.69. The largest absolute Gasteiger partial charge is 0.493 e. The van der Waals surface area contributed by atoms with Crippen molar-refractivity contribution in [2.24, 2.45) is 11.8 Å². The van der Waals surface area contributed by atoms with Crippen molar-refractivity contribution in [1.82, 2.24) is 10.2 Å². The molecule has 10 heteroatoms. The molecule has 3 aliphatic rings. The monoisotopic (exact) mass is 635 g/mol. The van der Waals surface area contributed by atoms with Crippen LogP contribution < -0.4 is 30.3 Å². The number of aliphatic hydroxyl groups is 1. The Labute approximate surface area is 271 Å². The number of carbonyl (C=O) groups excluding carboxylic acids is 2. The summed E-state index contributed by atoms with van der Waals surface area (Å²) in [5.74, 6) is 1.48. The summed E-state index contributed by atoms with van der Waals surface area (Å²) >= 11 is 0. The molecule has 5 rings (SSSR count). The highest BCUT2D eigenvalue weighted by molar-refractivity contribution is 5.86. The predicted octanol–water partition coefficient (Wildman–Crippen LogP) is 4.84. The van der Waals surface area contributed by atoms with Gasteiger partial charge in [0.2, 0.25) is 23.0 Å². The zero-order valence-corrected chi connectivity index (χ0v) is 28.0. The third-order valence-corrected chi connectivity index (χ3v) is 9.99. The van der Waals surface area contributed by atoms with Crippen molar-refractivity contribution in [2.75, 3.05) is 39.7 Å². The number of likely N-dealkylation sites (tertiary alicyclic amines) is 1. The number of benzene rings is 1. The number of amides is 2. The van der Waals surface area contributed by atoms with Crippen LogP contribution >= 0.6 is 0 Å². The van der Waals surface area contributed by atoms with Crippen molar-refractivity contribution < 1.29 is 28.9 Å². The molecule has 0 bridgehead atoms. The zero-order valence-electron chi connectivity index (χ0n) is 28.0. The molecule has 250 valence electrons. The normalized spacial score (nSPS) is 22.8. The maximum atomic E-state index is 14.0. The van der Waals surface area contributed by atoms with Crippen LogP contribution in [0.5, 0.6) is 17.2 Å². The van der Waals surface area contributed by atoms with E-state index in [1.807, 2.05) is 17.0 Å². The second kappa shape index (κ2) is 13.9. The number of nitrogens with zero attached hydrogens (tertiary/aromatic N) is 1. The van der Waals surface area contributed by atoms with Gasteiger partial charge in [-0.05, 0) is 79.3 Å². The maximum absolute atomic E-state index is 14.0. The third-order valence-electron chi connectivity index (χ3n) is 9.99. The number of piperidine rings is 1. The average molecular weight is 636 g/mol. The molecule has 10 nitrogen and oxygen atoms in total. The van der Waals surface area contributed by atoms with Gasteiger partial charge in [0, 0.05) is 31.5 Å². The average Bonchev–Trinajstić information content (AvgIpc) is 3.26. The first kappa shape index (κ1) is 33.6. The van der Waals surface area contributed by atoms with Gasteiger partial charge in [-0.3, -0.25) is 14.4 Å². The van der Waals surface area contributed by atoms with Gasteiger partial charge in [0.15, 0.2) is 11.5 Å². The number of anilines is 1. The highest BCUT2D eigenvalue weighted by Crippen LogP contribution is 2.50. The van der Waals surface area contributed by atoms with Crippen molar-refractivity contribution in [2.45, 2.75) is 89.8 Å². The second-order valence-corrected chi connectivity index (χ2v) is 13.5. The molecule has 46 heavy (non-hydrogen) atoms. The van der Waals surface area contributed by atoms with E-state index in [0.29, 0.717) is 67.3 Å². The summed E-state index contributed by atoms with van der Waals surface area (Å²) in [4.78, 5) is 42.2. The molecule has 4 atom stereocenters. The molecular formula is C36H49N3O7. The van der Waals surface area contributed by atoms with E-state index in [4.69, 9.17) is 14.2 Å². The smallest absolute Gasteiger partial charge is 0.245 e. The number of hydrogen-bond donors (Lipinski definition) is 3. The Hall–Kier alpha value is -3.79. The van der Waals surface area contributed by atoms with Gasteiger partial charge >= 0.3 is 0 Å². The Kier molecular flexibility index (Phi) is 10.2. The van der Waals surface area contributed by atoms with E-state index < -0.39 is 17.7 Å². The van der Waals surface area contributed by atoms with Crippen LogP contribution in [0.25, 0.3) is 11.1 Å². The van der Waals surface area contributed by atoms with Gasteiger partial charge in [0.25, 0.3) is 0 Å². The van der Waals surface area contributed by atoms with Crippen molar-refractivity contribution in [1.29, 1.82) is 0 Å². The molecule has 2 aromatic carbocycles. The molecule has 0 spiro atoms. The van der Waals surface area contributed by atoms with E-state index in [1.54, 1.807) is 33.5 Å². The Morgan fingerprint density at radius 2 is 1.80 bits per heavy atom. The Morgan fingerprint density at radius 3 is 2.48 bits per heavy atom. The van der Waals surface area contributed by atoms with E-state index in [-0.39, 0.29) is 29.1 Å². The highest BCUT2D eigenvalue weighted by Gasteiger charge is 2.44. The fraction of sp³-hybridized carbons (Fsp3) is 0.583. The molecule has 2 aliphatic carbocycles. The van der Waals surface area contributed by atoms with Crippen molar-refractivity contribution >= 4 is 17.5 Å². The molecule has 0 aromatic heterocycles. The van der Waals surface area contributed by atoms with E-state index in [9.17, 15) is 19.5 Å². The summed E-state index contributed by atoms with van der Waals surface area (Å²) in [5, 5.41) is 17.6. The van der Waals surface area contributed by atoms with E-state index >= 15 is 0 Å². The van der Waals surface area contributed by atoms with Gasteiger partial charge in [0.05, 0.1) is 38.7 Å². The fourth-order valence-corrected chi connectivity index (χ4v) is 7.70. The molecule has 2 aromatic rings. The minimum absolute atomic E-state index is 0.0474. The molecule has 3 N–H and O–H groups in total. The standard InChI is InChI=1S/C36H49N3O7/c1-21(2)17-29(35(42)39-16-15-36(43)14-8-7-9-24(36)20-39)38-28-13-11-25-26(19-30(28)41)27(37-22(3)40)12-10-23-18-31(44-4)33(45-5)34(46-6)32(23)25/h11,13,18-19,21,24,27,29,43H,7-10,12,14-17,20H2,1-6H3,(H,37,40)(H,38,41)/t24?,27-,29-,36?/m0/s1. The van der Waals surface area contributed by atoms with Gasteiger partial charge in [-0.1, -0.05) is 32.8 Å². The number of nitrogens with one attached hydrogen (secondary N) is 2. The molecule has 1 saturated heterocycles. The van der Waals surface area contributed by atoms with Crippen molar-refractivity contribution in [3.63, 3.8) is 0 Å². The summed E-state index contributed by atoms with van der Waals surface area (Å²) in [6.07, 6.45) is 6.10. The zero-order chi connectivity index (χ0) is 33.2. The lowest BCUT2D eigenvalue weighted by Crippen LogP contribution is -2.57. The number of methoxy groups -OCH3 is 3. The van der Waals surface area contributed by atoms with Crippen molar-refractivity contribution in [3.05, 3.63) is 45.6 Å². The number of carbonyl (C=O) groups is 2. The van der Waals surface area contributed by atoms with Gasteiger partial charge in [0.1, 0.15) is 6.04 Å². The Balaban J connectivity index is 1.56. The Bertz CT molecular complexity index is 1530. The number of fused-ring (bicyclic) bond motifs is 4. The first-order valence-electron chi connectivity index (χ1n) is 16.5. The highest BCUT2D eigenvalue weighted by atomic mass is 16.5. The summed E-state index contributed by atoms with van der Waals surface area (Å²) in [6, 6.07) is 6.06. The van der Waals surface area contributed by atoms with Crippen LogP contribution in [0.4, 0.5) is 5.69 Å². The third kappa shape index (κ3) is 6.68. The molecule has 1 saturated carbocycles. The van der Waals surface area contributed by atoms with Gasteiger partial charge in [-0.25, -0.2) is 0 Å². The molecule has 1 aliphatic heterocycles. The van der Waals surface area contributed by atoms with E-state index in [0.717, 1.165) is 42.4 Å². The predicted molar refractivity (Wildman–Crippen MR) is 178 cm³/mol. The Morgan fingerprint density at radius 1 is 1.04 bits per heavy atom. The SMILES string of the molecule is COc1cc2c(c(OC)c1OC)-c1ccc(N[C@@H](CC(C)C)C(=O)N3CCC4(O)CCCCC4C3)c(=O)cc1[C@@H](NC(C)=O)CC2. The topological polar surface area (TPSA) is 126 Å². The lowest BCUT2D eigenvalue weighted by Gasteiger charge is -2.48. The van der Waals surface area contributed by atoms with Gasteiger partial charge in [-0.2, -0.15) is 0 Å². The number of hydrogen-bond acceptors (Lipinski definition) is 8. The summed E-state index contributed by atoms with van der Waals surface area (Å²) in [5.41, 5.74) is 2.45. The lowest BCUT2D eigenvalue weighted by atomic mass is 9.71. The van der Waals surface area contributed by atoms with Gasteiger partial charge in [-0.15, -0.1) is 0 Å². The molecule has 2 unspecified atom stereocenters.